The van der Waals surface area contributed by atoms with E-state index >= 15 is 0 Å². The largest absolute Gasteiger partial charge is 0.456 e. The van der Waals surface area contributed by atoms with Gasteiger partial charge >= 0.3 is 0 Å². The van der Waals surface area contributed by atoms with Gasteiger partial charge in [0.2, 0.25) is 0 Å². The van der Waals surface area contributed by atoms with E-state index in [0.717, 1.165) is 18.0 Å². The van der Waals surface area contributed by atoms with Crippen molar-refractivity contribution in [3.63, 3.8) is 0 Å². The second-order valence-electron chi connectivity index (χ2n) is 5.53. The molecule has 4 heteroatoms. The van der Waals surface area contributed by atoms with Crippen LogP contribution in [-0.2, 0) is 0 Å². The number of aryl methyl sites for hydroxylation is 2. The second kappa shape index (κ2) is 6.92. The van der Waals surface area contributed by atoms with Gasteiger partial charge in [-0.25, -0.2) is 0 Å². The van der Waals surface area contributed by atoms with E-state index in [2.05, 4.69) is 36.3 Å². The van der Waals surface area contributed by atoms with Gasteiger partial charge in [0.15, 0.2) is 0 Å². The van der Waals surface area contributed by atoms with Crippen molar-refractivity contribution in [3.8, 4) is 11.5 Å². The van der Waals surface area contributed by atoms with Gasteiger partial charge in [0, 0.05) is 12.2 Å². The van der Waals surface area contributed by atoms with E-state index in [9.17, 15) is 0 Å². The Labute approximate surface area is 132 Å². The van der Waals surface area contributed by atoms with Crippen LogP contribution in [-0.4, -0.2) is 11.5 Å². The molecule has 0 aliphatic carbocycles. The zero-order valence-corrected chi connectivity index (χ0v) is 13.2. The molecule has 1 aliphatic rings. The molecule has 2 aromatic rings. The normalized spacial score (nSPS) is 17.3. The van der Waals surface area contributed by atoms with E-state index in [1.54, 1.807) is 6.20 Å². The summed E-state index contributed by atoms with van der Waals surface area (Å²) in [7, 11) is 0. The number of benzene rings is 1. The van der Waals surface area contributed by atoms with E-state index in [1.807, 2.05) is 18.3 Å². The highest BCUT2D eigenvalue weighted by atomic mass is 35.5. The number of nitrogens with zero attached hydrogens (tertiary/aromatic N) is 1. The Balaban J connectivity index is 0.00000161. The zero-order valence-electron chi connectivity index (χ0n) is 12.4. The summed E-state index contributed by atoms with van der Waals surface area (Å²) in [6.07, 6.45) is 6.11. The molecule has 0 amide bonds. The molecule has 1 saturated heterocycles. The Bertz CT molecular complexity index is 589. The van der Waals surface area contributed by atoms with Gasteiger partial charge in [0.25, 0.3) is 0 Å². The number of nitrogens with one attached hydrogen (secondary N) is 1. The third-order valence-electron chi connectivity index (χ3n) is 3.63. The van der Waals surface area contributed by atoms with E-state index in [0.29, 0.717) is 6.04 Å². The van der Waals surface area contributed by atoms with E-state index in [4.69, 9.17) is 4.74 Å². The third kappa shape index (κ3) is 3.96. The number of aromatic nitrogens is 1. The molecule has 1 atom stereocenters. The minimum atomic E-state index is 0. The molecule has 3 nitrogen and oxygen atoms in total. The average molecular weight is 305 g/mol. The highest BCUT2D eigenvalue weighted by Gasteiger charge is 2.16. The minimum absolute atomic E-state index is 0. The molecule has 1 unspecified atom stereocenters. The fourth-order valence-corrected chi connectivity index (χ4v) is 2.78. The van der Waals surface area contributed by atoms with Gasteiger partial charge in [-0.05, 0) is 68.1 Å². The summed E-state index contributed by atoms with van der Waals surface area (Å²) < 4.78 is 5.95. The molecule has 0 bridgehead atoms. The molecular formula is C17H21ClN2O. The maximum absolute atomic E-state index is 5.95. The van der Waals surface area contributed by atoms with Crippen LogP contribution in [0.5, 0.6) is 11.5 Å². The predicted octanol–water partition coefficient (Wildman–Crippen LogP) is 4.34. The van der Waals surface area contributed by atoms with Crippen LogP contribution in [0.2, 0.25) is 0 Å². The fraction of sp³-hybridized carbons (Fsp3) is 0.353. The summed E-state index contributed by atoms with van der Waals surface area (Å²) in [6, 6.07) is 8.75. The minimum Gasteiger partial charge on any atom is -0.456 e. The zero-order chi connectivity index (χ0) is 13.9. The highest BCUT2D eigenvalue weighted by Crippen LogP contribution is 2.28. The van der Waals surface area contributed by atoms with Gasteiger partial charge in [0.1, 0.15) is 11.5 Å². The maximum Gasteiger partial charge on any atom is 0.146 e. The molecule has 1 fully saturated rings. The molecule has 1 aromatic heterocycles. The summed E-state index contributed by atoms with van der Waals surface area (Å²) in [5.41, 5.74) is 3.63. The molecule has 3 rings (SSSR count). The van der Waals surface area contributed by atoms with E-state index < -0.39 is 0 Å². The molecule has 0 radical (unpaired) electrons. The van der Waals surface area contributed by atoms with Crippen molar-refractivity contribution in [2.24, 2.45) is 0 Å². The number of hydrogen-bond acceptors (Lipinski definition) is 3. The Kier molecular flexibility index (Phi) is 5.21. The number of ether oxygens (including phenoxy) is 1. The number of hydrogen-bond donors (Lipinski definition) is 1. The number of pyridine rings is 1. The number of rotatable bonds is 3. The first-order valence-corrected chi connectivity index (χ1v) is 7.15. The molecule has 1 aliphatic heterocycles. The van der Waals surface area contributed by atoms with Gasteiger partial charge in [0.05, 0.1) is 6.20 Å². The van der Waals surface area contributed by atoms with E-state index in [-0.39, 0.29) is 12.4 Å². The third-order valence-corrected chi connectivity index (χ3v) is 3.63. The second-order valence-corrected chi connectivity index (χ2v) is 5.53. The van der Waals surface area contributed by atoms with Gasteiger partial charge in [-0.2, -0.15) is 0 Å². The fourth-order valence-electron chi connectivity index (χ4n) is 2.78. The summed E-state index contributed by atoms with van der Waals surface area (Å²) in [5, 5.41) is 3.49. The lowest BCUT2D eigenvalue weighted by molar-refractivity contribution is 0.477. The predicted molar refractivity (Wildman–Crippen MR) is 87.5 cm³/mol. The van der Waals surface area contributed by atoms with Gasteiger partial charge in [-0.3, -0.25) is 4.98 Å². The molecule has 112 valence electrons. The topological polar surface area (TPSA) is 34.1 Å². The maximum atomic E-state index is 5.95. The van der Waals surface area contributed by atoms with Gasteiger partial charge in [-0.15, -0.1) is 12.4 Å². The molecule has 0 spiro atoms. The lowest BCUT2D eigenvalue weighted by atomic mass is 10.1. The smallest absolute Gasteiger partial charge is 0.146 e. The van der Waals surface area contributed by atoms with Gasteiger partial charge in [-0.1, -0.05) is 6.07 Å². The molecule has 21 heavy (non-hydrogen) atoms. The Morgan fingerprint density at radius 2 is 1.81 bits per heavy atom. The number of halogens is 1. The van der Waals surface area contributed by atoms with Crippen LogP contribution in [0.4, 0.5) is 0 Å². The summed E-state index contributed by atoms with van der Waals surface area (Å²) in [5.74, 6) is 1.68. The van der Waals surface area contributed by atoms with Gasteiger partial charge < -0.3 is 10.1 Å². The quantitative estimate of drug-likeness (QED) is 0.916. The lowest BCUT2D eigenvalue weighted by Crippen LogP contribution is -2.12. The first-order valence-electron chi connectivity index (χ1n) is 7.15. The van der Waals surface area contributed by atoms with Crippen molar-refractivity contribution in [3.05, 3.63) is 53.3 Å². The van der Waals surface area contributed by atoms with Crippen molar-refractivity contribution in [1.29, 1.82) is 0 Å². The van der Waals surface area contributed by atoms with Crippen molar-refractivity contribution in [2.45, 2.75) is 32.7 Å². The van der Waals surface area contributed by atoms with Crippen LogP contribution in [0.1, 0.15) is 35.6 Å². The van der Waals surface area contributed by atoms with Crippen molar-refractivity contribution in [2.75, 3.05) is 6.54 Å². The van der Waals surface area contributed by atoms with Crippen molar-refractivity contribution in [1.82, 2.24) is 10.3 Å². The van der Waals surface area contributed by atoms with E-state index in [1.165, 1.54) is 29.5 Å². The molecule has 1 N–H and O–H groups in total. The van der Waals surface area contributed by atoms with Crippen LogP contribution in [0, 0.1) is 13.8 Å². The van der Waals surface area contributed by atoms with Crippen molar-refractivity contribution >= 4 is 12.4 Å². The Morgan fingerprint density at radius 1 is 1.05 bits per heavy atom. The molecule has 0 saturated carbocycles. The SMILES string of the molecule is Cc1cc(C)cc(Oc2cncc(C3CCCN3)c2)c1.Cl. The highest BCUT2D eigenvalue weighted by molar-refractivity contribution is 5.85. The standard InChI is InChI=1S/C17H20N2O.ClH/c1-12-6-13(2)8-15(7-12)20-16-9-14(10-18-11-16)17-4-3-5-19-17;/h6-11,17,19H,3-5H2,1-2H3;1H. The Hall–Kier alpha value is -1.58. The molecule has 1 aromatic carbocycles. The van der Waals surface area contributed by atoms with Crippen LogP contribution >= 0.6 is 12.4 Å². The summed E-state index contributed by atoms with van der Waals surface area (Å²) in [6.45, 7) is 5.25. The first kappa shape index (κ1) is 15.8. The first-order chi connectivity index (χ1) is 9.70. The summed E-state index contributed by atoms with van der Waals surface area (Å²) in [4.78, 5) is 4.31. The Morgan fingerprint density at radius 3 is 2.48 bits per heavy atom. The lowest BCUT2D eigenvalue weighted by Gasteiger charge is -2.12. The van der Waals surface area contributed by atoms with Crippen LogP contribution in [0.15, 0.2) is 36.7 Å². The monoisotopic (exact) mass is 304 g/mol. The summed E-state index contributed by atoms with van der Waals surface area (Å²) >= 11 is 0. The van der Waals surface area contributed by atoms with Crippen molar-refractivity contribution < 1.29 is 4.74 Å². The molecular weight excluding hydrogens is 284 g/mol. The van der Waals surface area contributed by atoms with Crippen LogP contribution < -0.4 is 10.1 Å². The van der Waals surface area contributed by atoms with Crippen LogP contribution in [0.3, 0.4) is 0 Å². The molecule has 2 heterocycles. The average Bonchev–Trinajstić information content (AvgIpc) is 2.91. The van der Waals surface area contributed by atoms with Crippen LogP contribution in [0.25, 0.3) is 0 Å².